The van der Waals surface area contributed by atoms with E-state index in [1.165, 1.54) is 6.07 Å². The third-order valence-corrected chi connectivity index (χ3v) is 5.15. The fraction of sp³-hybridized carbons (Fsp3) is 0.500. The second-order valence-electron chi connectivity index (χ2n) is 5.48. The Morgan fingerprint density at radius 2 is 1.95 bits per heavy atom. The van der Waals surface area contributed by atoms with Crippen LogP contribution in [0.1, 0.15) is 34.3 Å². The predicted octanol–water partition coefficient (Wildman–Crippen LogP) is 2.71. The molecule has 0 aromatic heterocycles. The lowest BCUT2D eigenvalue weighted by Gasteiger charge is -2.18. The summed E-state index contributed by atoms with van der Waals surface area (Å²) in [4.78, 5) is 14.0. The number of hydrogen-bond donors (Lipinski definition) is 0. The molecule has 0 spiro atoms. The maximum absolute atomic E-state index is 12.3. The minimum Gasteiger partial charge on any atom is -0.341 e. The molecule has 110 valence electrons. The van der Waals surface area contributed by atoms with Gasteiger partial charge in [-0.15, -0.1) is 0 Å². The van der Waals surface area contributed by atoms with E-state index in [4.69, 9.17) is 10.7 Å². The van der Waals surface area contributed by atoms with Gasteiger partial charge in [0.2, 0.25) is 0 Å². The Morgan fingerprint density at radius 3 is 2.45 bits per heavy atom. The smallest absolute Gasteiger partial charge is 0.261 e. The third-order valence-electron chi connectivity index (χ3n) is 3.71. The van der Waals surface area contributed by atoms with E-state index in [0.29, 0.717) is 23.6 Å². The number of hydrogen-bond acceptors (Lipinski definition) is 3. The number of carbonyl (C=O) groups excluding carboxylic acids is 1. The summed E-state index contributed by atoms with van der Waals surface area (Å²) in [6.45, 7) is 4.18. The highest BCUT2D eigenvalue weighted by molar-refractivity contribution is 8.13. The summed E-state index contributed by atoms with van der Waals surface area (Å²) in [6.07, 6.45) is 2.32. The van der Waals surface area contributed by atoms with Gasteiger partial charge in [0.05, 0.1) is 4.90 Å². The molecule has 0 atom stereocenters. The Bertz CT molecular complexity index is 651. The zero-order valence-electron chi connectivity index (χ0n) is 11.8. The molecule has 1 amide bonds. The van der Waals surface area contributed by atoms with E-state index in [1.54, 1.807) is 31.9 Å². The molecule has 1 saturated carbocycles. The van der Waals surface area contributed by atoms with Crippen molar-refractivity contribution < 1.29 is 13.2 Å². The van der Waals surface area contributed by atoms with Gasteiger partial charge in [0.15, 0.2) is 0 Å². The van der Waals surface area contributed by atoms with Crippen LogP contribution in [0.3, 0.4) is 0 Å². The lowest BCUT2D eigenvalue weighted by atomic mass is 10.1. The average molecular weight is 316 g/mol. The first-order valence-corrected chi connectivity index (χ1v) is 8.82. The summed E-state index contributed by atoms with van der Waals surface area (Å²) in [5.74, 6) is 0.424. The number of halogens is 1. The molecule has 1 aliphatic carbocycles. The Hall–Kier alpha value is -1.07. The quantitative estimate of drug-likeness (QED) is 0.803. The van der Waals surface area contributed by atoms with E-state index in [-0.39, 0.29) is 10.8 Å². The minimum absolute atomic E-state index is 0.0161. The Morgan fingerprint density at radius 1 is 1.35 bits per heavy atom. The van der Waals surface area contributed by atoms with Gasteiger partial charge >= 0.3 is 0 Å². The van der Waals surface area contributed by atoms with Gasteiger partial charge in [0, 0.05) is 29.8 Å². The molecular formula is C14H18ClNO3S. The molecule has 4 nitrogen and oxygen atoms in total. The van der Waals surface area contributed by atoms with Gasteiger partial charge in [-0.25, -0.2) is 8.42 Å². The van der Waals surface area contributed by atoms with Crippen molar-refractivity contribution in [3.63, 3.8) is 0 Å². The van der Waals surface area contributed by atoms with E-state index in [1.807, 2.05) is 0 Å². The molecule has 0 aliphatic heterocycles. The van der Waals surface area contributed by atoms with Crippen molar-refractivity contribution >= 4 is 25.6 Å². The first-order chi connectivity index (χ1) is 9.20. The van der Waals surface area contributed by atoms with Crippen LogP contribution in [0.5, 0.6) is 0 Å². The fourth-order valence-corrected chi connectivity index (χ4v) is 3.47. The molecule has 0 N–H and O–H groups in total. The molecule has 0 saturated heterocycles. The van der Waals surface area contributed by atoms with Crippen molar-refractivity contribution in [2.45, 2.75) is 31.6 Å². The summed E-state index contributed by atoms with van der Waals surface area (Å²) >= 11 is 0. The van der Waals surface area contributed by atoms with Crippen molar-refractivity contribution in [2.75, 3.05) is 13.6 Å². The Balaban J connectivity index is 2.36. The van der Waals surface area contributed by atoms with Crippen molar-refractivity contribution in [3.05, 3.63) is 28.8 Å². The molecule has 1 aliphatic rings. The van der Waals surface area contributed by atoms with Gasteiger partial charge in [0.1, 0.15) is 0 Å². The zero-order valence-corrected chi connectivity index (χ0v) is 13.4. The summed E-state index contributed by atoms with van der Waals surface area (Å²) in [5, 5.41) is 0. The van der Waals surface area contributed by atoms with Crippen LogP contribution in [0.15, 0.2) is 17.0 Å². The number of benzene rings is 1. The summed E-state index contributed by atoms with van der Waals surface area (Å²) in [5.41, 5.74) is 1.70. The third kappa shape index (κ3) is 3.33. The molecule has 0 heterocycles. The van der Waals surface area contributed by atoms with Gasteiger partial charge in [-0.3, -0.25) is 4.79 Å². The first kappa shape index (κ1) is 15.3. The Labute approximate surface area is 124 Å². The van der Waals surface area contributed by atoms with Crippen molar-refractivity contribution in [3.8, 4) is 0 Å². The highest BCUT2D eigenvalue weighted by Gasteiger charge is 2.26. The first-order valence-electron chi connectivity index (χ1n) is 6.51. The van der Waals surface area contributed by atoms with Crippen molar-refractivity contribution in [2.24, 2.45) is 5.92 Å². The van der Waals surface area contributed by atoms with Crippen LogP contribution < -0.4 is 0 Å². The normalized spacial score (nSPS) is 15.2. The number of rotatable bonds is 4. The van der Waals surface area contributed by atoms with E-state index < -0.39 is 9.05 Å². The second-order valence-corrected chi connectivity index (χ2v) is 8.02. The summed E-state index contributed by atoms with van der Waals surface area (Å²) in [7, 11) is 3.33. The monoisotopic (exact) mass is 315 g/mol. The lowest BCUT2D eigenvalue weighted by molar-refractivity contribution is 0.0788. The molecule has 1 aromatic carbocycles. The van der Waals surface area contributed by atoms with Crippen LogP contribution in [0, 0.1) is 19.8 Å². The maximum Gasteiger partial charge on any atom is 0.261 e. The number of nitrogens with zero attached hydrogens (tertiary/aromatic N) is 1. The Kier molecular flexibility index (Phi) is 4.12. The topological polar surface area (TPSA) is 54.5 Å². The molecule has 2 rings (SSSR count). The average Bonchev–Trinajstić information content (AvgIpc) is 3.13. The second kappa shape index (κ2) is 5.37. The maximum atomic E-state index is 12.3. The highest BCUT2D eigenvalue weighted by atomic mass is 35.7. The van der Waals surface area contributed by atoms with Gasteiger partial charge in [-0.1, -0.05) is 0 Å². The zero-order chi connectivity index (χ0) is 15.1. The largest absolute Gasteiger partial charge is 0.341 e. The molecule has 6 heteroatoms. The van der Waals surface area contributed by atoms with Crippen LogP contribution in [-0.4, -0.2) is 32.8 Å². The molecular weight excluding hydrogens is 298 g/mol. The van der Waals surface area contributed by atoms with Crippen LogP contribution in [0.25, 0.3) is 0 Å². The van der Waals surface area contributed by atoms with E-state index >= 15 is 0 Å². The predicted molar refractivity (Wildman–Crippen MR) is 78.6 cm³/mol. The van der Waals surface area contributed by atoms with Crippen LogP contribution >= 0.6 is 10.7 Å². The number of amides is 1. The standard InChI is InChI=1S/C14H18ClNO3S/c1-9-6-12(7-13(10(9)2)20(15,18)19)14(17)16(3)8-11-4-5-11/h6-7,11H,4-5,8H2,1-3H3. The number of aryl methyl sites for hydroxylation is 1. The van der Waals surface area contributed by atoms with Gasteiger partial charge < -0.3 is 4.90 Å². The number of carbonyl (C=O) groups is 1. The lowest BCUT2D eigenvalue weighted by Crippen LogP contribution is -2.29. The highest BCUT2D eigenvalue weighted by Crippen LogP contribution is 2.30. The summed E-state index contributed by atoms with van der Waals surface area (Å²) in [6, 6.07) is 3.09. The fourth-order valence-electron chi connectivity index (χ4n) is 2.19. The SMILES string of the molecule is Cc1cc(C(=O)N(C)CC2CC2)cc(S(=O)(=O)Cl)c1C. The minimum atomic E-state index is -3.85. The molecule has 1 aromatic rings. The van der Waals surface area contributed by atoms with E-state index in [2.05, 4.69) is 0 Å². The molecule has 20 heavy (non-hydrogen) atoms. The van der Waals surface area contributed by atoms with Crippen LogP contribution in [-0.2, 0) is 9.05 Å². The van der Waals surface area contributed by atoms with E-state index in [9.17, 15) is 13.2 Å². The summed E-state index contributed by atoms with van der Waals surface area (Å²) < 4.78 is 23.2. The molecule has 1 fully saturated rings. The van der Waals surface area contributed by atoms with Crippen LogP contribution in [0.2, 0.25) is 0 Å². The van der Waals surface area contributed by atoms with Gasteiger partial charge in [-0.2, -0.15) is 0 Å². The molecule has 0 unspecified atom stereocenters. The van der Waals surface area contributed by atoms with Gasteiger partial charge in [-0.05, 0) is 55.9 Å². The van der Waals surface area contributed by atoms with Crippen molar-refractivity contribution in [1.82, 2.24) is 4.90 Å². The molecule has 0 bridgehead atoms. The van der Waals surface area contributed by atoms with Gasteiger partial charge in [0.25, 0.3) is 15.0 Å². The van der Waals surface area contributed by atoms with Crippen molar-refractivity contribution in [1.29, 1.82) is 0 Å². The van der Waals surface area contributed by atoms with Crippen LogP contribution in [0.4, 0.5) is 0 Å². The molecule has 0 radical (unpaired) electrons. The van der Waals surface area contributed by atoms with E-state index in [0.717, 1.165) is 18.4 Å².